The minimum absolute atomic E-state index is 0.00430. The lowest BCUT2D eigenvalue weighted by atomic mass is 9.95. The number of fused-ring (bicyclic) bond motifs is 1. The van der Waals surface area contributed by atoms with Gasteiger partial charge in [-0.1, -0.05) is 0 Å². The van der Waals surface area contributed by atoms with Gasteiger partial charge in [0, 0.05) is 26.1 Å². The molecule has 2 N–H and O–H groups in total. The SMILES string of the molecule is CC(=O)N[C@@H](C)COC1CCC(OC2Nc3cc(F)c(OCC(F)F)c(F)c3N2C)CC1. The van der Waals surface area contributed by atoms with Crippen LogP contribution < -0.4 is 20.3 Å². The Bertz CT molecular complexity index is 806. The second-order valence-corrected chi connectivity index (χ2v) is 8.18. The van der Waals surface area contributed by atoms with Crippen LogP contribution in [-0.2, 0) is 14.3 Å². The lowest BCUT2D eigenvalue weighted by molar-refractivity contribution is -0.120. The van der Waals surface area contributed by atoms with E-state index in [0.29, 0.717) is 6.61 Å². The van der Waals surface area contributed by atoms with E-state index in [1.165, 1.54) is 11.8 Å². The van der Waals surface area contributed by atoms with Crippen molar-refractivity contribution in [1.29, 1.82) is 0 Å². The van der Waals surface area contributed by atoms with Gasteiger partial charge in [0.1, 0.15) is 12.3 Å². The topological polar surface area (TPSA) is 72.1 Å². The van der Waals surface area contributed by atoms with E-state index in [2.05, 4.69) is 15.4 Å². The number of ether oxygens (including phenoxy) is 3. The smallest absolute Gasteiger partial charge is 0.272 e. The van der Waals surface area contributed by atoms with Crippen LogP contribution in [0.4, 0.5) is 28.9 Å². The van der Waals surface area contributed by atoms with E-state index in [9.17, 15) is 22.4 Å². The maximum atomic E-state index is 14.8. The van der Waals surface area contributed by atoms with Crippen LogP contribution in [0.15, 0.2) is 6.07 Å². The largest absolute Gasteiger partial charge is 0.481 e. The molecule has 1 saturated carbocycles. The molecule has 3 rings (SSSR count). The molecule has 2 atom stereocenters. The van der Waals surface area contributed by atoms with E-state index in [1.54, 1.807) is 7.05 Å². The third-order valence-corrected chi connectivity index (χ3v) is 5.46. The zero-order valence-electron chi connectivity index (χ0n) is 18.3. The number of halogens is 4. The number of carbonyl (C=O) groups is 1. The second-order valence-electron chi connectivity index (χ2n) is 8.18. The monoisotopic (exact) mass is 463 g/mol. The van der Waals surface area contributed by atoms with E-state index in [-0.39, 0.29) is 35.5 Å². The molecule has 1 unspecified atom stereocenters. The molecule has 1 aromatic rings. The highest BCUT2D eigenvalue weighted by atomic mass is 19.3. The molecule has 0 bridgehead atoms. The molecule has 1 aliphatic carbocycles. The van der Waals surface area contributed by atoms with E-state index < -0.39 is 36.8 Å². The third kappa shape index (κ3) is 5.94. The number of alkyl halides is 2. The Morgan fingerprint density at radius 2 is 1.88 bits per heavy atom. The number of nitrogens with zero attached hydrogens (tertiary/aromatic N) is 1. The predicted molar refractivity (Wildman–Crippen MR) is 110 cm³/mol. The van der Waals surface area contributed by atoms with Crippen molar-refractivity contribution in [1.82, 2.24) is 5.32 Å². The van der Waals surface area contributed by atoms with Crippen molar-refractivity contribution in [3.63, 3.8) is 0 Å². The maximum absolute atomic E-state index is 14.8. The zero-order chi connectivity index (χ0) is 23.4. The van der Waals surface area contributed by atoms with Gasteiger partial charge in [-0.2, -0.15) is 0 Å². The molecule has 7 nitrogen and oxygen atoms in total. The molecule has 32 heavy (non-hydrogen) atoms. The predicted octanol–water partition coefficient (Wildman–Crippen LogP) is 3.62. The Labute approximate surface area is 184 Å². The van der Waals surface area contributed by atoms with Crippen LogP contribution in [0.1, 0.15) is 39.5 Å². The molecular weight excluding hydrogens is 434 g/mol. The molecule has 1 amide bonds. The molecule has 1 heterocycles. The Morgan fingerprint density at radius 1 is 1.22 bits per heavy atom. The average molecular weight is 463 g/mol. The fraction of sp³-hybridized carbons (Fsp3) is 0.667. The number of nitrogens with one attached hydrogen (secondary N) is 2. The van der Waals surface area contributed by atoms with Crippen LogP contribution in [0, 0.1) is 11.6 Å². The molecule has 0 spiro atoms. The van der Waals surface area contributed by atoms with Gasteiger partial charge in [-0.25, -0.2) is 17.6 Å². The molecule has 11 heteroatoms. The Balaban J connectivity index is 1.52. The van der Waals surface area contributed by atoms with Crippen LogP contribution >= 0.6 is 0 Å². The van der Waals surface area contributed by atoms with Gasteiger partial charge in [-0.3, -0.25) is 4.79 Å². The van der Waals surface area contributed by atoms with Gasteiger partial charge in [0.25, 0.3) is 6.43 Å². The number of anilines is 2. The lowest BCUT2D eigenvalue weighted by Gasteiger charge is -2.33. The molecule has 0 radical (unpaired) electrons. The van der Waals surface area contributed by atoms with Gasteiger partial charge in [0.05, 0.1) is 24.5 Å². The number of rotatable bonds is 9. The summed E-state index contributed by atoms with van der Waals surface area (Å²) in [5, 5.41) is 5.70. The number of benzene rings is 1. The van der Waals surface area contributed by atoms with Crippen LogP contribution in [-0.4, -0.2) is 57.2 Å². The van der Waals surface area contributed by atoms with Gasteiger partial charge < -0.3 is 29.7 Å². The highest BCUT2D eigenvalue weighted by Gasteiger charge is 2.35. The summed E-state index contributed by atoms with van der Waals surface area (Å²) < 4.78 is 70.3. The van der Waals surface area contributed by atoms with E-state index in [4.69, 9.17) is 9.47 Å². The minimum atomic E-state index is -2.85. The van der Waals surface area contributed by atoms with E-state index in [0.717, 1.165) is 31.7 Å². The van der Waals surface area contributed by atoms with Gasteiger partial charge in [0.15, 0.2) is 17.4 Å². The highest BCUT2D eigenvalue weighted by molar-refractivity contribution is 5.77. The summed E-state index contributed by atoms with van der Waals surface area (Å²) in [6.07, 6.45) is -0.626. The summed E-state index contributed by atoms with van der Waals surface area (Å²) in [6.45, 7) is 2.67. The highest BCUT2D eigenvalue weighted by Crippen LogP contribution is 2.42. The van der Waals surface area contributed by atoms with Crippen LogP contribution in [0.25, 0.3) is 0 Å². The van der Waals surface area contributed by atoms with Crippen molar-refractivity contribution in [3.8, 4) is 5.75 Å². The molecule has 1 fully saturated rings. The average Bonchev–Trinajstić information content (AvgIpc) is 3.01. The molecule has 1 aromatic carbocycles. The van der Waals surface area contributed by atoms with Crippen molar-refractivity contribution in [2.45, 2.75) is 70.6 Å². The summed E-state index contributed by atoms with van der Waals surface area (Å²) in [5.74, 6) is -3.04. The molecule has 180 valence electrons. The first-order valence-corrected chi connectivity index (χ1v) is 10.6. The third-order valence-electron chi connectivity index (χ3n) is 5.46. The lowest BCUT2D eigenvalue weighted by Crippen LogP contribution is -2.40. The molecule has 2 aliphatic rings. The summed E-state index contributed by atoms with van der Waals surface area (Å²) in [5.41, 5.74) is 0.172. The standard InChI is InChI=1S/C21H29F4N3O4/c1-11(26-12(2)29)9-30-13-4-6-14(7-5-13)32-21-27-16-8-15(22)20(31-10-17(23)24)18(25)19(16)28(21)3/h8,11,13-14,17,21,27H,4-7,9-10H2,1-3H3,(H,26,29)/t11-,13?,14?,21?/m0/s1. The first-order chi connectivity index (χ1) is 15.2. The first kappa shape index (κ1) is 24.4. The van der Waals surface area contributed by atoms with Gasteiger partial charge in [-0.05, 0) is 32.6 Å². The molecular formula is C21H29F4N3O4. The number of hydrogen-bond acceptors (Lipinski definition) is 6. The minimum Gasteiger partial charge on any atom is -0.481 e. The van der Waals surface area contributed by atoms with E-state index >= 15 is 0 Å². The molecule has 0 aromatic heterocycles. The number of amides is 1. The van der Waals surface area contributed by atoms with Gasteiger partial charge >= 0.3 is 0 Å². The Kier molecular flexibility index (Phi) is 8.05. The summed E-state index contributed by atoms with van der Waals surface area (Å²) in [4.78, 5) is 12.5. The van der Waals surface area contributed by atoms with Crippen molar-refractivity contribution in [2.24, 2.45) is 0 Å². The second kappa shape index (κ2) is 10.6. The Morgan fingerprint density at radius 3 is 2.50 bits per heavy atom. The molecule has 1 aliphatic heterocycles. The van der Waals surface area contributed by atoms with Crippen molar-refractivity contribution >= 4 is 17.3 Å². The van der Waals surface area contributed by atoms with Crippen molar-refractivity contribution in [2.75, 3.05) is 30.5 Å². The van der Waals surface area contributed by atoms with Crippen LogP contribution in [0.2, 0.25) is 0 Å². The van der Waals surface area contributed by atoms with Gasteiger partial charge in [0.2, 0.25) is 12.3 Å². The summed E-state index contributed by atoms with van der Waals surface area (Å²) in [6, 6.07) is 0.946. The van der Waals surface area contributed by atoms with Crippen molar-refractivity contribution in [3.05, 3.63) is 17.7 Å². The quantitative estimate of drug-likeness (QED) is 0.545. The maximum Gasteiger partial charge on any atom is 0.272 e. The number of carbonyl (C=O) groups excluding carboxylic acids is 1. The fourth-order valence-electron chi connectivity index (χ4n) is 3.98. The van der Waals surface area contributed by atoms with E-state index in [1.807, 2.05) is 6.92 Å². The fourth-order valence-corrected chi connectivity index (χ4v) is 3.98. The summed E-state index contributed by atoms with van der Waals surface area (Å²) in [7, 11) is 1.57. The molecule has 0 saturated heterocycles. The summed E-state index contributed by atoms with van der Waals surface area (Å²) >= 11 is 0. The van der Waals surface area contributed by atoms with Crippen LogP contribution in [0.3, 0.4) is 0 Å². The first-order valence-electron chi connectivity index (χ1n) is 10.6. The van der Waals surface area contributed by atoms with Crippen LogP contribution in [0.5, 0.6) is 5.75 Å². The normalized spacial score (nSPS) is 23.6. The number of hydrogen-bond donors (Lipinski definition) is 2. The zero-order valence-corrected chi connectivity index (χ0v) is 18.3. The van der Waals surface area contributed by atoms with Crippen molar-refractivity contribution < 1.29 is 36.6 Å². The van der Waals surface area contributed by atoms with Gasteiger partial charge in [-0.15, -0.1) is 0 Å². The Hall–Kier alpha value is -2.27.